The van der Waals surface area contributed by atoms with Crippen molar-refractivity contribution in [3.05, 3.63) is 33.8 Å². The maximum Gasteiger partial charge on any atom is 0.0444 e. The summed E-state index contributed by atoms with van der Waals surface area (Å²) < 4.78 is 1.17. The first kappa shape index (κ1) is 14.0. The molecule has 0 aliphatic heterocycles. The van der Waals surface area contributed by atoms with Gasteiger partial charge in [-0.3, -0.25) is 0 Å². The van der Waals surface area contributed by atoms with Gasteiger partial charge in [-0.1, -0.05) is 47.3 Å². The lowest BCUT2D eigenvalue weighted by molar-refractivity contribution is 0.288. The summed E-state index contributed by atoms with van der Waals surface area (Å²) in [7, 11) is 0. The number of halogens is 1. The lowest BCUT2D eigenvalue weighted by atomic mass is 9.83. The van der Waals surface area contributed by atoms with Gasteiger partial charge in [-0.15, -0.1) is 0 Å². The maximum absolute atomic E-state index is 5.88. The fourth-order valence-corrected chi connectivity index (χ4v) is 2.80. The van der Waals surface area contributed by atoms with Crippen molar-refractivity contribution in [3.63, 3.8) is 0 Å². The van der Waals surface area contributed by atoms with Crippen molar-refractivity contribution in [2.45, 2.75) is 38.6 Å². The van der Waals surface area contributed by atoms with Crippen LogP contribution in [0.15, 0.2) is 22.7 Å². The van der Waals surface area contributed by atoms with Crippen LogP contribution in [0.1, 0.15) is 42.9 Å². The van der Waals surface area contributed by atoms with E-state index in [4.69, 9.17) is 5.73 Å². The van der Waals surface area contributed by atoms with Crippen LogP contribution in [0.4, 0.5) is 0 Å². The highest BCUT2D eigenvalue weighted by molar-refractivity contribution is 9.10. The van der Waals surface area contributed by atoms with E-state index in [1.807, 2.05) is 0 Å². The molecule has 1 unspecified atom stereocenters. The molecule has 1 saturated carbocycles. The fraction of sp³-hybridized carbons (Fsp3) is 0.600. The Balaban J connectivity index is 1.87. The minimum absolute atomic E-state index is 0.280. The molecule has 0 saturated heterocycles. The van der Waals surface area contributed by atoms with E-state index >= 15 is 0 Å². The monoisotopic (exact) mass is 310 g/mol. The average molecular weight is 311 g/mol. The van der Waals surface area contributed by atoms with E-state index in [9.17, 15) is 0 Å². The number of rotatable bonds is 6. The molecule has 0 aromatic heterocycles. The zero-order valence-electron chi connectivity index (χ0n) is 11.1. The van der Waals surface area contributed by atoms with Crippen LogP contribution in [0.5, 0.6) is 0 Å². The van der Waals surface area contributed by atoms with Crippen LogP contribution in [-0.4, -0.2) is 13.1 Å². The first-order chi connectivity index (χ1) is 8.70. The molecule has 1 atom stereocenters. The second-order valence-corrected chi connectivity index (χ2v) is 6.19. The topological polar surface area (TPSA) is 38.0 Å². The predicted molar refractivity (Wildman–Crippen MR) is 80.6 cm³/mol. The van der Waals surface area contributed by atoms with Crippen LogP contribution in [-0.2, 0) is 0 Å². The van der Waals surface area contributed by atoms with Crippen LogP contribution in [0.25, 0.3) is 0 Å². The smallest absolute Gasteiger partial charge is 0.0444 e. The van der Waals surface area contributed by atoms with Gasteiger partial charge >= 0.3 is 0 Å². The van der Waals surface area contributed by atoms with Gasteiger partial charge in [-0.25, -0.2) is 0 Å². The van der Waals surface area contributed by atoms with Gasteiger partial charge in [-0.05, 0) is 43.0 Å². The molecule has 0 bridgehead atoms. The molecule has 18 heavy (non-hydrogen) atoms. The molecule has 2 nitrogen and oxygen atoms in total. The van der Waals surface area contributed by atoms with Crippen molar-refractivity contribution in [3.8, 4) is 0 Å². The highest BCUT2D eigenvalue weighted by Crippen LogP contribution is 2.29. The SMILES string of the molecule is Cc1ccc(C(CN)NCCC2CCC2)cc1Br. The minimum Gasteiger partial charge on any atom is -0.329 e. The van der Waals surface area contributed by atoms with E-state index in [-0.39, 0.29) is 6.04 Å². The second kappa shape index (κ2) is 6.69. The number of nitrogens with one attached hydrogen (secondary N) is 1. The summed E-state index contributed by atoms with van der Waals surface area (Å²) in [5, 5.41) is 3.59. The Labute approximate surface area is 118 Å². The zero-order valence-corrected chi connectivity index (χ0v) is 12.7. The molecule has 1 fully saturated rings. The van der Waals surface area contributed by atoms with E-state index in [0.717, 1.165) is 12.5 Å². The van der Waals surface area contributed by atoms with Crippen molar-refractivity contribution >= 4 is 15.9 Å². The number of hydrogen-bond donors (Lipinski definition) is 2. The van der Waals surface area contributed by atoms with Crippen molar-refractivity contribution in [2.24, 2.45) is 11.7 Å². The van der Waals surface area contributed by atoms with Crippen LogP contribution in [0.2, 0.25) is 0 Å². The second-order valence-electron chi connectivity index (χ2n) is 5.34. The third kappa shape index (κ3) is 3.56. The number of hydrogen-bond acceptors (Lipinski definition) is 2. The molecular formula is C15H23BrN2. The molecule has 100 valence electrons. The predicted octanol–water partition coefficient (Wildman–Crippen LogP) is 3.54. The van der Waals surface area contributed by atoms with Gasteiger partial charge in [0.05, 0.1) is 0 Å². The molecule has 3 heteroatoms. The van der Waals surface area contributed by atoms with Gasteiger partial charge in [0.1, 0.15) is 0 Å². The molecule has 0 heterocycles. The van der Waals surface area contributed by atoms with Crippen LogP contribution in [0, 0.1) is 12.8 Å². The Morgan fingerprint density at radius 3 is 2.78 bits per heavy atom. The van der Waals surface area contributed by atoms with E-state index in [0.29, 0.717) is 6.54 Å². The summed E-state index contributed by atoms with van der Waals surface area (Å²) >= 11 is 3.59. The summed E-state index contributed by atoms with van der Waals surface area (Å²) in [6.07, 6.45) is 5.57. The lowest BCUT2D eigenvalue weighted by Gasteiger charge is -2.26. The Kier molecular flexibility index (Phi) is 5.22. The number of nitrogens with two attached hydrogens (primary N) is 1. The lowest BCUT2D eigenvalue weighted by Crippen LogP contribution is -2.30. The molecule has 1 aromatic carbocycles. The molecule has 0 amide bonds. The van der Waals surface area contributed by atoms with Gasteiger partial charge in [0.25, 0.3) is 0 Å². The first-order valence-corrected chi connectivity index (χ1v) is 7.69. The van der Waals surface area contributed by atoms with Gasteiger partial charge in [0, 0.05) is 17.1 Å². The minimum atomic E-state index is 0.280. The highest BCUT2D eigenvalue weighted by atomic mass is 79.9. The molecule has 0 spiro atoms. The van der Waals surface area contributed by atoms with Gasteiger partial charge < -0.3 is 11.1 Å². The zero-order chi connectivity index (χ0) is 13.0. The molecule has 3 N–H and O–H groups in total. The summed E-state index contributed by atoms with van der Waals surface area (Å²) in [6.45, 7) is 3.84. The van der Waals surface area contributed by atoms with E-state index in [1.54, 1.807) is 0 Å². The van der Waals surface area contributed by atoms with E-state index in [2.05, 4.69) is 46.4 Å². The normalized spacial score (nSPS) is 17.5. The van der Waals surface area contributed by atoms with Crippen molar-refractivity contribution < 1.29 is 0 Å². The fourth-order valence-electron chi connectivity index (χ4n) is 2.41. The Bertz CT molecular complexity index is 388. The molecule has 1 aliphatic carbocycles. The van der Waals surface area contributed by atoms with Crippen molar-refractivity contribution in [1.29, 1.82) is 0 Å². The van der Waals surface area contributed by atoms with E-state index in [1.165, 1.54) is 41.3 Å². The van der Waals surface area contributed by atoms with Gasteiger partial charge in [-0.2, -0.15) is 0 Å². The van der Waals surface area contributed by atoms with Gasteiger partial charge in [0.2, 0.25) is 0 Å². The van der Waals surface area contributed by atoms with Crippen LogP contribution < -0.4 is 11.1 Å². The molecular weight excluding hydrogens is 288 g/mol. The Morgan fingerprint density at radius 1 is 1.44 bits per heavy atom. The Morgan fingerprint density at radius 2 is 2.22 bits per heavy atom. The van der Waals surface area contributed by atoms with E-state index < -0.39 is 0 Å². The molecule has 2 rings (SSSR count). The van der Waals surface area contributed by atoms with Crippen LogP contribution in [0.3, 0.4) is 0 Å². The summed E-state index contributed by atoms with van der Waals surface area (Å²) in [5.74, 6) is 0.959. The standard InChI is InChI=1S/C15H23BrN2/c1-11-5-6-13(9-14(11)16)15(10-17)18-8-7-12-3-2-4-12/h5-6,9,12,15,18H,2-4,7-8,10,17H2,1H3. The third-order valence-corrected chi connectivity index (χ3v) is 4.86. The quantitative estimate of drug-likeness (QED) is 0.843. The largest absolute Gasteiger partial charge is 0.329 e. The summed E-state index contributed by atoms with van der Waals surface area (Å²) in [5.41, 5.74) is 8.43. The van der Waals surface area contributed by atoms with Gasteiger partial charge in [0.15, 0.2) is 0 Å². The Hall–Kier alpha value is -0.380. The molecule has 1 aliphatic rings. The van der Waals surface area contributed by atoms with Crippen molar-refractivity contribution in [1.82, 2.24) is 5.32 Å². The third-order valence-electron chi connectivity index (χ3n) is 4.00. The number of aryl methyl sites for hydroxylation is 1. The average Bonchev–Trinajstić information content (AvgIpc) is 2.31. The van der Waals surface area contributed by atoms with Crippen LogP contribution >= 0.6 is 15.9 Å². The highest BCUT2D eigenvalue weighted by Gasteiger charge is 2.17. The maximum atomic E-state index is 5.88. The summed E-state index contributed by atoms with van der Waals surface area (Å²) in [6, 6.07) is 6.79. The molecule has 0 radical (unpaired) electrons. The van der Waals surface area contributed by atoms with Crippen molar-refractivity contribution in [2.75, 3.05) is 13.1 Å². The first-order valence-electron chi connectivity index (χ1n) is 6.90. The summed E-state index contributed by atoms with van der Waals surface area (Å²) in [4.78, 5) is 0. The molecule has 1 aromatic rings. The number of benzene rings is 1.